The number of likely N-dealkylation sites (tertiary alicyclic amines) is 1. The zero-order valence-corrected chi connectivity index (χ0v) is 22.2. The van der Waals surface area contributed by atoms with E-state index in [-0.39, 0.29) is 11.3 Å². The number of piperidine rings is 1. The number of amides is 1. The molecule has 1 amide bonds. The van der Waals surface area contributed by atoms with Crippen LogP contribution in [0.25, 0.3) is 5.65 Å². The summed E-state index contributed by atoms with van der Waals surface area (Å²) < 4.78 is 18.0. The summed E-state index contributed by atoms with van der Waals surface area (Å²) in [5.74, 6) is 1.37. The molecule has 0 unspecified atom stereocenters. The van der Waals surface area contributed by atoms with Gasteiger partial charge in [0.1, 0.15) is 12.2 Å². The lowest BCUT2D eigenvalue weighted by Crippen LogP contribution is -2.43. The summed E-state index contributed by atoms with van der Waals surface area (Å²) in [4.78, 5) is 20.2. The van der Waals surface area contributed by atoms with Crippen molar-refractivity contribution in [3.05, 3.63) is 77.5 Å². The predicted octanol–water partition coefficient (Wildman–Crippen LogP) is 4.80. The van der Waals surface area contributed by atoms with Crippen LogP contribution in [0.4, 0.5) is 10.1 Å². The SMILES string of the molecule is C[C@H]1CCCN(Cc2cc(C(=O)Nc3cccc([C@]4(c5nncn5C)C[C@@H](C)C4)c3)c3ncc(F)n3c2)C1. The van der Waals surface area contributed by atoms with Crippen LogP contribution in [-0.4, -0.2) is 48.0 Å². The predicted molar refractivity (Wildman–Crippen MR) is 143 cm³/mol. The van der Waals surface area contributed by atoms with Gasteiger partial charge in [-0.2, -0.15) is 4.39 Å². The van der Waals surface area contributed by atoms with Crippen molar-refractivity contribution in [2.75, 3.05) is 18.4 Å². The van der Waals surface area contributed by atoms with Crippen molar-refractivity contribution in [1.29, 1.82) is 0 Å². The molecule has 1 N–H and O–H groups in total. The number of carbonyl (C=O) groups excluding carboxylic acids is 1. The second-order valence-corrected chi connectivity index (χ2v) is 11.4. The lowest BCUT2D eigenvalue weighted by atomic mass is 9.58. The fraction of sp³-hybridized carbons (Fsp3) is 0.448. The van der Waals surface area contributed by atoms with E-state index in [4.69, 9.17) is 0 Å². The number of hydrogen-bond acceptors (Lipinski definition) is 5. The zero-order chi connectivity index (χ0) is 26.4. The number of pyridine rings is 1. The summed E-state index contributed by atoms with van der Waals surface area (Å²) in [5.41, 5.74) is 3.14. The first kappa shape index (κ1) is 24.7. The molecular weight excluding hydrogens is 481 g/mol. The van der Waals surface area contributed by atoms with Crippen LogP contribution >= 0.6 is 0 Å². The Morgan fingerprint density at radius 2 is 2.05 bits per heavy atom. The van der Waals surface area contributed by atoms with Crippen molar-refractivity contribution in [1.82, 2.24) is 29.0 Å². The molecule has 2 aliphatic rings. The van der Waals surface area contributed by atoms with Crippen molar-refractivity contribution in [3.8, 4) is 0 Å². The van der Waals surface area contributed by atoms with Gasteiger partial charge in [0, 0.05) is 32.0 Å². The van der Waals surface area contributed by atoms with Gasteiger partial charge in [-0.3, -0.25) is 14.1 Å². The molecular formula is C29H34FN7O. The lowest BCUT2D eigenvalue weighted by Gasteiger charge is -2.46. The summed E-state index contributed by atoms with van der Waals surface area (Å²) in [7, 11) is 1.97. The Morgan fingerprint density at radius 3 is 2.79 bits per heavy atom. The summed E-state index contributed by atoms with van der Waals surface area (Å²) >= 11 is 0. The second-order valence-electron chi connectivity index (χ2n) is 11.4. The molecule has 2 fully saturated rings. The van der Waals surface area contributed by atoms with E-state index in [9.17, 15) is 9.18 Å². The largest absolute Gasteiger partial charge is 0.322 e. The monoisotopic (exact) mass is 515 g/mol. The summed E-state index contributed by atoms with van der Waals surface area (Å²) in [5, 5.41) is 11.6. The maximum absolute atomic E-state index is 14.6. The van der Waals surface area contributed by atoms with Crippen molar-refractivity contribution in [2.45, 2.75) is 51.5 Å². The summed E-state index contributed by atoms with van der Waals surface area (Å²) in [6.07, 6.45) is 9.00. The van der Waals surface area contributed by atoms with E-state index in [2.05, 4.69) is 45.3 Å². The highest BCUT2D eigenvalue weighted by atomic mass is 19.1. The number of aryl methyl sites for hydroxylation is 1. The molecule has 1 aliphatic carbocycles. The summed E-state index contributed by atoms with van der Waals surface area (Å²) in [6.45, 7) is 7.19. The van der Waals surface area contributed by atoms with Crippen LogP contribution in [0.15, 0.2) is 49.1 Å². The Kier molecular flexibility index (Phi) is 6.26. The third kappa shape index (κ3) is 4.38. The second kappa shape index (κ2) is 9.62. The van der Waals surface area contributed by atoms with Crippen molar-refractivity contribution < 1.29 is 9.18 Å². The topological polar surface area (TPSA) is 80.3 Å². The fourth-order valence-electron chi connectivity index (χ4n) is 6.54. The number of anilines is 1. The highest BCUT2D eigenvalue weighted by molar-refractivity contribution is 6.08. The molecule has 4 aromatic rings. The molecule has 1 saturated carbocycles. The minimum absolute atomic E-state index is 0.226. The van der Waals surface area contributed by atoms with Gasteiger partial charge in [-0.1, -0.05) is 26.0 Å². The van der Waals surface area contributed by atoms with E-state index in [0.717, 1.165) is 49.3 Å². The first-order chi connectivity index (χ1) is 18.3. The molecule has 1 atom stereocenters. The molecule has 6 rings (SSSR count). The smallest absolute Gasteiger partial charge is 0.259 e. The van der Waals surface area contributed by atoms with Gasteiger partial charge < -0.3 is 9.88 Å². The molecule has 0 spiro atoms. The molecule has 0 radical (unpaired) electrons. The van der Waals surface area contributed by atoms with Crippen molar-refractivity contribution in [3.63, 3.8) is 0 Å². The number of fused-ring (bicyclic) bond motifs is 1. The number of benzene rings is 1. The van der Waals surface area contributed by atoms with Gasteiger partial charge in [0.25, 0.3) is 5.91 Å². The average molecular weight is 516 g/mol. The zero-order valence-electron chi connectivity index (χ0n) is 22.2. The molecule has 3 aromatic heterocycles. The van der Waals surface area contributed by atoms with Gasteiger partial charge in [0.15, 0.2) is 5.65 Å². The van der Waals surface area contributed by atoms with Gasteiger partial charge in [-0.25, -0.2) is 4.98 Å². The third-order valence-corrected chi connectivity index (χ3v) is 8.22. The Morgan fingerprint density at radius 1 is 1.21 bits per heavy atom. The maximum atomic E-state index is 14.6. The number of aromatic nitrogens is 5. The standard InChI is InChI=1S/C29H34FN7O/c1-19-6-5-9-36(15-19)16-21-10-24(26-31-14-25(30)37(26)17-21)27(38)33-23-8-4-7-22(11-23)29(12-20(2)13-29)28-34-32-18-35(28)3/h4,7-8,10-11,14,17-20H,5-6,9,12-13,15-16H2,1-3H3,(H,33,38)/t19-,20-,29+/m0/s1. The van der Waals surface area contributed by atoms with E-state index in [1.54, 1.807) is 12.5 Å². The van der Waals surface area contributed by atoms with Crippen LogP contribution < -0.4 is 5.32 Å². The molecule has 9 heteroatoms. The molecule has 1 aromatic carbocycles. The first-order valence-electron chi connectivity index (χ1n) is 13.5. The van der Waals surface area contributed by atoms with E-state index < -0.39 is 5.95 Å². The number of hydrogen-bond donors (Lipinski definition) is 1. The van der Waals surface area contributed by atoms with E-state index >= 15 is 0 Å². The van der Waals surface area contributed by atoms with Crippen molar-refractivity contribution in [2.24, 2.45) is 18.9 Å². The Bertz CT molecular complexity index is 1490. The average Bonchev–Trinajstić information content (AvgIpc) is 3.47. The molecule has 4 heterocycles. The highest BCUT2D eigenvalue weighted by Gasteiger charge is 2.48. The summed E-state index contributed by atoms with van der Waals surface area (Å²) in [6, 6.07) is 9.83. The van der Waals surface area contributed by atoms with E-state index in [0.29, 0.717) is 35.3 Å². The van der Waals surface area contributed by atoms with E-state index in [1.807, 2.05) is 35.9 Å². The van der Waals surface area contributed by atoms with Gasteiger partial charge in [-0.05, 0) is 73.4 Å². The maximum Gasteiger partial charge on any atom is 0.259 e. The van der Waals surface area contributed by atoms with Crippen LogP contribution in [0.1, 0.15) is 66.8 Å². The number of nitrogens with one attached hydrogen (secondary N) is 1. The van der Waals surface area contributed by atoms with Gasteiger partial charge >= 0.3 is 0 Å². The third-order valence-electron chi connectivity index (χ3n) is 8.22. The van der Waals surface area contributed by atoms with Crippen LogP contribution in [0, 0.1) is 17.8 Å². The highest BCUT2D eigenvalue weighted by Crippen LogP contribution is 2.51. The van der Waals surface area contributed by atoms with Crippen LogP contribution in [0.5, 0.6) is 0 Å². The van der Waals surface area contributed by atoms with Gasteiger partial charge in [0.2, 0.25) is 5.95 Å². The Balaban J connectivity index is 1.30. The van der Waals surface area contributed by atoms with Crippen LogP contribution in [-0.2, 0) is 19.0 Å². The number of imidazole rings is 1. The number of nitrogens with zero attached hydrogens (tertiary/aromatic N) is 6. The molecule has 0 bridgehead atoms. The quantitative estimate of drug-likeness (QED) is 0.399. The minimum atomic E-state index is -0.477. The number of carbonyl (C=O) groups is 1. The Hall–Kier alpha value is -3.59. The molecule has 198 valence electrons. The molecule has 38 heavy (non-hydrogen) atoms. The molecule has 8 nitrogen and oxygen atoms in total. The number of halogens is 1. The minimum Gasteiger partial charge on any atom is -0.322 e. The molecule has 1 saturated heterocycles. The fourth-order valence-corrected chi connectivity index (χ4v) is 6.54. The van der Waals surface area contributed by atoms with Crippen LogP contribution in [0.3, 0.4) is 0 Å². The normalized spacial score (nSPS) is 23.9. The van der Waals surface area contributed by atoms with Gasteiger partial charge in [-0.15, -0.1) is 10.2 Å². The molecule has 1 aliphatic heterocycles. The van der Waals surface area contributed by atoms with Gasteiger partial charge in [0.05, 0.1) is 17.2 Å². The first-order valence-corrected chi connectivity index (χ1v) is 13.5. The Labute approximate surface area is 221 Å². The van der Waals surface area contributed by atoms with E-state index in [1.165, 1.54) is 17.0 Å². The lowest BCUT2D eigenvalue weighted by molar-refractivity contribution is 0.102. The van der Waals surface area contributed by atoms with Crippen molar-refractivity contribution >= 4 is 17.2 Å². The van der Waals surface area contributed by atoms with Crippen LogP contribution in [0.2, 0.25) is 0 Å². The number of rotatable bonds is 6.